The smallest absolute Gasteiger partial charge is 0.123 e. The van der Waals surface area contributed by atoms with Gasteiger partial charge in [-0.3, -0.25) is 4.68 Å². The van der Waals surface area contributed by atoms with Crippen molar-refractivity contribution in [2.24, 2.45) is 7.05 Å². The second-order valence-electron chi connectivity index (χ2n) is 5.12. The van der Waals surface area contributed by atoms with Crippen molar-refractivity contribution in [1.82, 2.24) is 15.1 Å². The van der Waals surface area contributed by atoms with Gasteiger partial charge in [0, 0.05) is 30.9 Å². The highest BCUT2D eigenvalue weighted by Crippen LogP contribution is 2.20. The quantitative estimate of drug-likeness (QED) is 0.882. The fourth-order valence-electron chi connectivity index (χ4n) is 2.19. The van der Waals surface area contributed by atoms with E-state index in [1.165, 1.54) is 12.1 Å². The number of benzene rings is 1. The molecule has 1 heterocycles. The summed E-state index contributed by atoms with van der Waals surface area (Å²) < 4.78 is 14.6. The molecule has 1 aromatic carbocycles. The average molecular weight is 277 g/mol. The summed E-state index contributed by atoms with van der Waals surface area (Å²) >= 11 is 0. The van der Waals surface area contributed by atoms with E-state index in [0.717, 1.165) is 5.56 Å². The Morgan fingerprint density at radius 1 is 1.20 bits per heavy atom. The van der Waals surface area contributed by atoms with Gasteiger partial charge >= 0.3 is 0 Å². The summed E-state index contributed by atoms with van der Waals surface area (Å²) in [7, 11) is 1.87. The number of nitrogens with one attached hydrogen (secondary N) is 1. The molecule has 0 radical (unpaired) electrons. The Bertz CT molecular complexity index is 553. The summed E-state index contributed by atoms with van der Waals surface area (Å²) in [6.07, 6.45) is 3.05. The second kappa shape index (κ2) is 6.15. The lowest BCUT2D eigenvalue weighted by Gasteiger charge is -2.24. The van der Waals surface area contributed by atoms with Gasteiger partial charge in [0.05, 0.1) is 12.3 Å². The Morgan fingerprint density at radius 2 is 1.85 bits per heavy atom. The van der Waals surface area contributed by atoms with Gasteiger partial charge in [0.2, 0.25) is 0 Å². The number of aryl methyl sites for hydroxylation is 1. The zero-order valence-electron chi connectivity index (χ0n) is 11.9. The highest BCUT2D eigenvalue weighted by atomic mass is 19.1. The molecule has 3 unspecified atom stereocenters. The summed E-state index contributed by atoms with van der Waals surface area (Å²) in [6, 6.07) is 5.84. The molecule has 0 amide bonds. The molecule has 2 aromatic rings. The molecule has 2 N–H and O–H groups in total. The van der Waals surface area contributed by atoms with E-state index in [1.54, 1.807) is 23.0 Å². The molecule has 0 aliphatic rings. The third-order valence-corrected chi connectivity index (χ3v) is 3.42. The summed E-state index contributed by atoms with van der Waals surface area (Å²) in [4.78, 5) is 0. The molecule has 2 rings (SSSR count). The zero-order chi connectivity index (χ0) is 14.7. The van der Waals surface area contributed by atoms with E-state index in [-0.39, 0.29) is 17.9 Å². The van der Waals surface area contributed by atoms with Gasteiger partial charge in [0.15, 0.2) is 0 Å². The van der Waals surface area contributed by atoms with Gasteiger partial charge in [-0.1, -0.05) is 12.1 Å². The summed E-state index contributed by atoms with van der Waals surface area (Å²) in [6.45, 7) is 3.92. The summed E-state index contributed by atoms with van der Waals surface area (Å²) in [5.41, 5.74) is 1.76. The minimum atomic E-state index is -0.685. The van der Waals surface area contributed by atoms with Gasteiger partial charge in [0.1, 0.15) is 5.82 Å². The van der Waals surface area contributed by atoms with Crippen LogP contribution in [0.1, 0.15) is 37.1 Å². The van der Waals surface area contributed by atoms with E-state index in [0.29, 0.717) is 5.56 Å². The minimum absolute atomic E-state index is 0.0776. The first-order valence-corrected chi connectivity index (χ1v) is 6.65. The fourth-order valence-corrected chi connectivity index (χ4v) is 2.19. The Hall–Kier alpha value is -1.72. The van der Waals surface area contributed by atoms with E-state index >= 15 is 0 Å². The first-order chi connectivity index (χ1) is 9.47. The summed E-state index contributed by atoms with van der Waals surface area (Å²) in [5, 5.41) is 17.7. The molecule has 0 aliphatic carbocycles. The van der Waals surface area contributed by atoms with Crippen molar-refractivity contribution in [3.8, 4) is 0 Å². The molecule has 0 saturated carbocycles. The molecule has 4 nitrogen and oxygen atoms in total. The maximum atomic E-state index is 12.9. The molecule has 0 saturated heterocycles. The molecular weight excluding hydrogens is 257 g/mol. The van der Waals surface area contributed by atoms with Crippen molar-refractivity contribution in [3.63, 3.8) is 0 Å². The van der Waals surface area contributed by atoms with Crippen LogP contribution >= 0.6 is 0 Å². The maximum Gasteiger partial charge on any atom is 0.123 e. The monoisotopic (exact) mass is 277 g/mol. The number of halogens is 1. The number of aromatic nitrogens is 2. The second-order valence-corrected chi connectivity index (χ2v) is 5.12. The molecule has 1 aromatic heterocycles. The number of aliphatic hydroxyl groups excluding tert-OH is 1. The number of nitrogens with zero attached hydrogens (tertiary/aromatic N) is 2. The highest BCUT2D eigenvalue weighted by molar-refractivity contribution is 5.20. The SMILES string of the molecule is CC(NC(C)C(O)c1ccc(F)cc1)c1cnn(C)c1. The lowest BCUT2D eigenvalue weighted by atomic mass is 10.0. The first-order valence-electron chi connectivity index (χ1n) is 6.65. The van der Waals surface area contributed by atoms with Crippen molar-refractivity contribution in [1.29, 1.82) is 0 Å². The Kier molecular flexibility index (Phi) is 4.52. The molecule has 3 atom stereocenters. The van der Waals surface area contributed by atoms with Crippen molar-refractivity contribution < 1.29 is 9.50 Å². The van der Waals surface area contributed by atoms with Crippen LogP contribution in [0.2, 0.25) is 0 Å². The lowest BCUT2D eigenvalue weighted by molar-refractivity contribution is 0.130. The topological polar surface area (TPSA) is 50.1 Å². The maximum absolute atomic E-state index is 12.9. The van der Waals surface area contributed by atoms with Crippen molar-refractivity contribution in [3.05, 3.63) is 53.6 Å². The zero-order valence-corrected chi connectivity index (χ0v) is 11.9. The fraction of sp³-hybridized carbons (Fsp3) is 0.400. The normalized spacial score (nSPS) is 15.8. The largest absolute Gasteiger partial charge is 0.387 e. The van der Waals surface area contributed by atoms with E-state index in [2.05, 4.69) is 10.4 Å². The molecule has 5 heteroatoms. The highest BCUT2D eigenvalue weighted by Gasteiger charge is 2.19. The van der Waals surface area contributed by atoms with Crippen molar-refractivity contribution >= 4 is 0 Å². The van der Waals surface area contributed by atoms with Crippen LogP contribution in [-0.4, -0.2) is 20.9 Å². The summed E-state index contributed by atoms with van der Waals surface area (Å²) in [5.74, 6) is -0.301. The van der Waals surface area contributed by atoms with E-state index in [1.807, 2.05) is 27.1 Å². The van der Waals surface area contributed by atoms with E-state index in [4.69, 9.17) is 0 Å². The lowest BCUT2D eigenvalue weighted by Crippen LogP contribution is -2.34. The standard InChI is InChI=1S/C15H20FN3O/c1-10(13-8-17-19(3)9-13)18-11(2)15(20)12-4-6-14(16)7-5-12/h4-11,15,18,20H,1-3H3. The van der Waals surface area contributed by atoms with Gasteiger partial charge in [-0.15, -0.1) is 0 Å². The van der Waals surface area contributed by atoms with Gasteiger partial charge in [-0.2, -0.15) is 5.10 Å². The first kappa shape index (κ1) is 14.7. The van der Waals surface area contributed by atoms with Crippen molar-refractivity contribution in [2.45, 2.75) is 32.0 Å². The number of rotatable bonds is 5. The molecule has 0 spiro atoms. The predicted molar refractivity (Wildman–Crippen MR) is 75.6 cm³/mol. The average Bonchev–Trinajstić information content (AvgIpc) is 2.85. The Morgan fingerprint density at radius 3 is 2.40 bits per heavy atom. The van der Waals surface area contributed by atoms with Crippen LogP contribution in [0, 0.1) is 5.82 Å². The molecule has 20 heavy (non-hydrogen) atoms. The van der Waals surface area contributed by atoms with Gasteiger partial charge in [0.25, 0.3) is 0 Å². The third-order valence-electron chi connectivity index (χ3n) is 3.42. The van der Waals surface area contributed by atoms with Crippen LogP contribution in [0.4, 0.5) is 4.39 Å². The van der Waals surface area contributed by atoms with E-state index in [9.17, 15) is 9.50 Å². The minimum Gasteiger partial charge on any atom is -0.387 e. The molecular formula is C15H20FN3O. The molecule has 0 bridgehead atoms. The van der Waals surface area contributed by atoms with Crippen LogP contribution in [0.3, 0.4) is 0 Å². The number of aliphatic hydroxyl groups is 1. The van der Waals surface area contributed by atoms with Gasteiger partial charge < -0.3 is 10.4 Å². The van der Waals surface area contributed by atoms with Crippen LogP contribution in [0.5, 0.6) is 0 Å². The van der Waals surface area contributed by atoms with Crippen LogP contribution < -0.4 is 5.32 Å². The third kappa shape index (κ3) is 3.43. The van der Waals surface area contributed by atoms with Gasteiger partial charge in [-0.25, -0.2) is 4.39 Å². The molecule has 0 aliphatic heterocycles. The van der Waals surface area contributed by atoms with Crippen LogP contribution in [0.15, 0.2) is 36.7 Å². The Balaban J connectivity index is 2.00. The van der Waals surface area contributed by atoms with Crippen LogP contribution in [0.25, 0.3) is 0 Å². The Labute approximate surface area is 118 Å². The predicted octanol–water partition coefficient (Wildman–Crippen LogP) is 2.33. The molecule has 0 fully saturated rings. The van der Waals surface area contributed by atoms with E-state index < -0.39 is 6.10 Å². The number of hydrogen-bond donors (Lipinski definition) is 2. The molecule has 108 valence electrons. The van der Waals surface area contributed by atoms with Gasteiger partial charge in [-0.05, 0) is 31.5 Å². The van der Waals surface area contributed by atoms with Crippen LogP contribution in [-0.2, 0) is 7.05 Å². The number of hydrogen-bond acceptors (Lipinski definition) is 3. The van der Waals surface area contributed by atoms with Crippen molar-refractivity contribution in [2.75, 3.05) is 0 Å².